The van der Waals surface area contributed by atoms with Crippen LogP contribution in [0.1, 0.15) is 32.1 Å². The summed E-state index contributed by atoms with van der Waals surface area (Å²) in [6.45, 7) is 0. The number of rotatable bonds is 4. The van der Waals surface area contributed by atoms with Gasteiger partial charge in [0, 0.05) is 15.6 Å². The lowest BCUT2D eigenvalue weighted by atomic mass is 10.0. The van der Waals surface area contributed by atoms with Crippen molar-refractivity contribution < 1.29 is 14.7 Å². The second kappa shape index (κ2) is 6.18. The van der Waals surface area contributed by atoms with Gasteiger partial charge in [-0.1, -0.05) is 46.3 Å². The number of ketones is 2. The molecule has 5 nitrogen and oxygen atoms in total. The Morgan fingerprint density at radius 3 is 2.17 bits per heavy atom. The number of carbonyl (C=O) groups excluding carboxylic acids is 2. The van der Waals surface area contributed by atoms with Crippen LogP contribution in [-0.4, -0.2) is 26.9 Å². The summed E-state index contributed by atoms with van der Waals surface area (Å²) >= 11 is 3.29. The Labute approximate surface area is 140 Å². The Bertz CT molecular complexity index is 871. The molecule has 2 aromatic carbocycles. The molecule has 0 radical (unpaired) electrons. The minimum atomic E-state index is -0.460. The first-order chi connectivity index (χ1) is 11.1. The molecule has 0 saturated carbocycles. The molecule has 114 valence electrons. The number of halogens is 1. The predicted octanol–water partition coefficient (Wildman–Crippen LogP) is 3.34. The molecule has 0 aliphatic heterocycles. The lowest BCUT2D eigenvalue weighted by Gasteiger charge is -2.00. The van der Waals surface area contributed by atoms with Crippen LogP contribution in [0.3, 0.4) is 0 Å². The molecule has 0 bridgehead atoms. The van der Waals surface area contributed by atoms with Gasteiger partial charge in [-0.2, -0.15) is 5.10 Å². The molecular formula is C17H11BrN2O3. The van der Waals surface area contributed by atoms with Crippen molar-refractivity contribution in [1.82, 2.24) is 10.2 Å². The Balaban J connectivity index is 1.95. The van der Waals surface area contributed by atoms with Gasteiger partial charge in [0.1, 0.15) is 5.69 Å². The lowest BCUT2D eigenvalue weighted by molar-refractivity contribution is 0.102. The Kier molecular flexibility index (Phi) is 4.08. The van der Waals surface area contributed by atoms with Crippen molar-refractivity contribution >= 4 is 27.5 Å². The quantitative estimate of drug-likeness (QED) is 0.689. The number of aromatic nitrogens is 2. The molecule has 2 N–H and O–H groups in total. The minimum Gasteiger partial charge on any atom is -0.504 e. The van der Waals surface area contributed by atoms with Crippen molar-refractivity contribution in [2.75, 3.05) is 0 Å². The maximum atomic E-state index is 12.4. The van der Waals surface area contributed by atoms with Crippen molar-refractivity contribution in [2.24, 2.45) is 0 Å². The van der Waals surface area contributed by atoms with Gasteiger partial charge < -0.3 is 5.11 Å². The molecule has 0 amide bonds. The van der Waals surface area contributed by atoms with E-state index in [1.165, 1.54) is 0 Å². The van der Waals surface area contributed by atoms with Crippen LogP contribution in [-0.2, 0) is 0 Å². The maximum Gasteiger partial charge on any atom is 0.217 e. The highest BCUT2D eigenvalue weighted by Crippen LogP contribution is 2.25. The van der Waals surface area contributed by atoms with Crippen molar-refractivity contribution in [2.45, 2.75) is 0 Å². The van der Waals surface area contributed by atoms with Crippen molar-refractivity contribution in [1.29, 1.82) is 0 Å². The zero-order chi connectivity index (χ0) is 16.4. The van der Waals surface area contributed by atoms with E-state index in [4.69, 9.17) is 0 Å². The number of nitrogens with zero attached hydrogens (tertiary/aromatic N) is 1. The normalized spacial score (nSPS) is 10.5. The smallest absolute Gasteiger partial charge is 0.217 e. The number of aromatic hydroxyl groups is 1. The molecule has 23 heavy (non-hydrogen) atoms. The van der Waals surface area contributed by atoms with E-state index in [1.54, 1.807) is 54.6 Å². The van der Waals surface area contributed by atoms with Crippen LogP contribution >= 0.6 is 15.9 Å². The summed E-state index contributed by atoms with van der Waals surface area (Å²) in [5.74, 6) is -1.32. The Morgan fingerprint density at radius 1 is 0.913 bits per heavy atom. The molecule has 0 spiro atoms. The second-order valence-electron chi connectivity index (χ2n) is 4.83. The first kappa shape index (κ1) is 15.2. The fourth-order valence-corrected chi connectivity index (χ4v) is 2.39. The first-order valence-electron chi connectivity index (χ1n) is 6.75. The third-order valence-electron chi connectivity index (χ3n) is 3.33. The third kappa shape index (κ3) is 2.93. The largest absolute Gasteiger partial charge is 0.504 e. The van der Waals surface area contributed by atoms with E-state index in [2.05, 4.69) is 26.1 Å². The number of benzene rings is 2. The van der Waals surface area contributed by atoms with Gasteiger partial charge in [-0.3, -0.25) is 14.7 Å². The third-order valence-corrected chi connectivity index (χ3v) is 3.85. The van der Waals surface area contributed by atoms with Crippen LogP contribution in [0.2, 0.25) is 0 Å². The average molecular weight is 371 g/mol. The number of nitrogens with one attached hydrogen (secondary N) is 1. The van der Waals surface area contributed by atoms with Crippen molar-refractivity contribution in [3.63, 3.8) is 0 Å². The number of H-pyrrole nitrogens is 1. The predicted molar refractivity (Wildman–Crippen MR) is 87.7 cm³/mol. The van der Waals surface area contributed by atoms with Crippen LogP contribution in [0.5, 0.6) is 5.75 Å². The van der Waals surface area contributed by atoms with E-state index in [9.17, 15) is 14.7 Å². The fraction of sp³-hybridized carbons (Fsp3) is 0. The van der Waals surface area contributed by atoms with Gasteiger partial charge in [0.15, 0.2) is 11.4 Å². The summed E-state index contributed by atoms with van der Waals surface area (Å²) in [5.41, 5.74) is 0.492. The molecule has 0 aliphatic rings. The molecule has 1 heterocycles. The minimum absolute atomic E-state index is 0.100. The highest BCUT2D eigenvalue weighted by molar-refractivity contribution is 9.10. The van der Waals surface area contributed by atoms with Gasteiger partial charge >= 0.3 is 0 Å². The molecule has 1 aromatic heterocycles. The van der Waals surface area contributed by atoms with Gasteiger partial charge in [0.25, 0.3) is 0 Å². The van der Waals surface area contributed by atoms with Crippen molar-refractivity contribution in [3.05, 3.63) is 81.6 Å². The second-order valence-corrected chi connectivity index (χ2v) is 5.74. The molecule has 6 heteroatoms. The molecule has 0 unspecified atom stereocenters. The highest BCUT2D eigenvalue weighted by atomic mass is 79.9. The molecular weight excluding hydrogens is 360 g/mol. The summed E-state index contributed by atoms with van der Waals surface area (Å²) in [7, 11) is 0. The van der Waals surface area contributed by atoms with E-state index < -0.39 is 17.3 Å². The summed E-state index contributed by atoms with van der Waals surface area (Å²) in [6, 6.07) is 15.1. The monoisotopic (exact) mass is 370 g/mol. The van der Waals surface area contributed by atoms with Gasteiger partial charge in [0.05, 0.1) is 0 Å². The maximum absolute atomic E-state index is 12.4. The number of hydrogen-bond donors (Lipinski definition) is 2. The van der Waals surface area contributed by atoms with Crippen LogP contribution in [0.4, 0.5) is 0 Å². The van der Waals surface area contributed by atoms with Gasteiger partial charge in [0.2, 0.25) is 11.6 Å². The average Bonchev–Trinajstić information content (AvgIpc) is 2.96. The standard InChI is InChI=1S/C17H11BrN2O3/c18-12-8-6-11(7-9-12)16(22)14-17(23)13(19-20-14)15(21)10-4-2-1-3-5-10/h1-9,23H,(H,19,20). The van der Waals surface area contributed by atoms with E-state index in [0.717, 1.165) is 4.47 Å². The van der Waals surface area contributed by atoms with E-state index in [0.29, 0.717) is 11.1 Å². The molecule has 0 fully saturated rings. The zero-order valence-corrected chi connectivity index (χ0v) is 13.4. The SMILES string of the molecule is O=C(c1ccc(Br)cc1)c1n[nH]c(C(=O)c2ccccc2)c1O. The molecule has 3 rings (SSSR count). The lowest BCUT2D eigenvalue weighted by Crippen LogP contribution is -2.03. The molecule has 0 aliphatic carbocycles. The summed E-state index contributed by atoms with van der Waals surface area (Å²) in [6.07, 6.45) is 0. The fourth-order valence-electron chi connectivity index (χ4n) is 2.12. The van der Waals surface area contributed by atoms with Gasteiger partial charge in [-0.05, 0) is 24.3 Å². The Morgan fingerprint density at radius 2 is 1.52 bits per heavy atom. The molecule has 3 aromatic rings. The zero-order valence-electron chi connectivity index (χ0n) is 11.8. The van der Waals surface area contributed by atoms with Crippen LogP contribution in [0.15, 0.2) is 59.1 Å². The highest BCUT2D eigenvalue weighted by Gasteiger charge is 2.24. The van der Waals surface area contributed by atoms with Gasteiger partial charge in [-0.25, -0.2) is 0 Å². The number of hydrogen-bond acceptors (Lipinski definition) is 4. The number of aromatic amines is 1. The van der Waals surface area contributed by atoms with E-state index >= 15 is 0 Å². The Hall–Kier alpha value is -2.73. The van der Waals surface area contributed by atoms with Crippen LogP contribution in [0, 0.1) is 0 Å². The summed E-state index contributed by atoms with van der Waals surface area (Å²) in [5, 5.41) is 16.5. The van der Waals surface area contributed by atoms with Crippen LogP contribution in [0.25, 0.3) is 0 Å². The van der Waals surface area contributed by atoms with Crippen molar-refractivity contribution in [3.8, 4) is 5.75 Å². The van der Waals surface area contributed by atoms with Crippen LogP contribution < -0.4 is 0 Å². The molecule has 0 saturated heterocycles. The summed E-state index contributed by atoms with van der Waals surface area (Å²) in [4.78, 5) is 24.7. The van der Waals surface area contributed by atoms with E-state index in [-0.39, 0.29) is 11.4 Å². The topological polar surface area (TPSA) is 83.0 Å². The summed E-state index contributed by atoms with van der Waals surface area (Å²) < 4.78 is 0.834. The molecule has 0 atom stereocenters. The first-order valence-corrected chi connectivity index (χ1v) is 7.54. The van der Waals surface area contributed by atoms with Gasteiger partial charge in [-0.15, -0.1) is 0 Å². The number of carbonyl (C=O) groups is 2. The van der Waals surface area contributed by atoms with E-state index in [1.807, 2.05) is 0 Å².